The van der Waals surface area contributed by atoms with E-state index in [4.69, 9.17) is 0 Å². The van der Waals surface area contributed by atoms with Crippen LogP contribution in [-0.2, 0) is 21.2 Å². The van der Waals surface area contributed by atoms with E-state index in [1.54, 1.807) is 24.5 Å². The van der Waals surface area contributed by atoms with Crippen LogP contribution < -0.4 is 5.32 Å². The fourth-order valence-corrected chi connectivity index (χ4v) is 5.17. The smallest absolute Gasteiger partial charge is 0.318 e. The highest BCUT2D eigenvalue weighted by Gasteiger charge is 2.33. The zero-order chi connectivity index (χ0) is 21.8. The Labute approximate surface area is 181 Å². The number of sulfone groups is 1. The van der Waals surface area contributed by atoms with E-state index in [9.17, 15) is 18.0 Å². The molecule has 1 aromatic heterocycles. The van der Waals surface area contributed by atoms with Gasteiger partial charge in [-0.15, -0.1) is 0 Å². The third-order valence-electron chi connectivity index (χ3n) is 5.53. The number of rotatable bonds is 6. The topological polar surface area (TPSA) is 99.7 Å². The van der Waals surface area contributed by atoms with Crippen LogP contribution in [0, 0.1) is 0 Å². The van der Waals surface area contributed by atoms with Gasteiger partial charge in [0.25, 0.3) is 0 Å². The van der Waals surface area contributed by atoms with E-state index in [0.29, 0.717) is 13.0 Å². The fourth-order valence-electron chi connectivity index (χ4n) is 3.87. The van der Waals surface area contributed by atoms with Gasteiger partial charge in [0, 0.05) is 30.9 Å². The lowest BCUT2D eigenvalue weighted by Gasteiger charge is -2.35. The lowest BCUT2D eigenvalue weighted by molar-refractivity contribution is -0.133. The first kappa shape index (κ1) is 21.0. The monoisotopic (exact) mass is 440 g/mol. The van der Waals surface area contributed by atoms with Crippen molar-refractivity contribution in [2.24, 2.45) is 0 Å². The van der Waals surface area contributed by atoms with Gasteiger partial charge in [-0.2, -0.15) is 0 Å². The van der Waals surface area contributed by atoms with Gasteiger partial charge in [0.05, 0.1) is 17.8 Å². The van der Waals surface area contributed by atoms with Crippen molar-refractivity contribution >= 4 is 21.8 Å². The maximum atomic E-state index is 13.2. The van der Waals surface area contributed by atoms with E-state index in [0.717, 1.165) is 16.5 Å². The summed E-state index contributed by atoms with van der Waals surface area (Å²) in [6, 6.07) is 12.3. The molecular formula is C22H24N4O4S. The number of benzene rings is 1. The lowest BCUT2D eigenvalue weighted by atomic mass is 10.0. The second-order valence-corrected chi connectivity index (χ2v) is 9.66. The molecule has 0 saturated carbocycles. The highest BCUT2D eigenvalue weighted by Crippen LogP contribution is 2.22. The molecule has 162 valence electrons. The van der Waals surface area contributed by atoms with E-state index >= 15 is 0 Å². The summed E-state index contributed by atoms with van der Waals surface area (Å²) in [5, 5.41) is 4.11. The van der Waals surface area contributed by atoms with Gasteiger partial charge in [-0.25, -0.2) is 13.2 Å². The summed E-state index contributed by atoms with van der Waals surface area (Å²) >= 11 is 0. The highest BCUT2D eigenvalue weighted by atomic mass is 32.2. The number of hydrogen-bond acceptors (Lipinski definition) is 5. The van der Waals surface area contributed by atoms with Gasteiger partial charge in [-0.05, 0) is 35.8 Å². The Bertz CT molecular complexity index is 1070. The standard InChI is InChI=1S/C22H24N4O4S/c27-21(15-25-12-8-20(24-22(25)28)18-4-2-1-3-5-18)26(14-17-6-10-23-11-7-17)19-9-13-31(29,30)16-19/h1-7,9-11,13,19-20H,8,12,14-16H2,(H,24,28). The number of nitrogens with one attached hydrogen (secondary N) is 1. The van der Waals surface area contributed by atoms with Crippen molar-refractivity contribution in [2.45, 2.75) is 25.0 Å². The second kappa shape index (κ2) is 8.89. The summed E-state index contributed by atoms with van der Waals surface area (Å²) in [5.74, 6) is -0.441. The van der Waals surface area contributed by atoms with Gasteiger partial charge >= 0.3 is 6.03 Å². The molecule has 2 aliphatic heterocycles. The number of pyridine rings is 1. The number of nitrogens with zero attached hydrogens (tertiary/aromatic N) is 3. The molecule has 31 heavy (non-hydrogen) atoms. The minimum Gasteiger partial charge on any atom is -0.331 e. The minimum atomic E-state index is -3.33. The van der Waals surface area contributed by atoms with E-state index in [-0.39, 0.29) is 36.8 Å². The molecule has 0 aliphatic carbocycles. The van der Waals surface area contributed by atoms with Crippen molar-refractivity contribution in [1.82, 2.24) is 20.1 Å². The molecule has 3 heterocycles. The number of carbonyl (C=O) groups is 2. The summed E-state index contributed by atoms with van der Waals surface area (Å²) < 4.78 is 23.8. The zero-order valence-electron chi connectivity index (χ0n) is 16.9. The lowest BCUT2D eigenvalue weighted by Crippen LogP contribution is -2.53. The Balaban J connectivity index is 1.45. The van der Waals surface area contributed by atoms with Crippen LogP contribution in [0.4, 0.5) is 4.79 Å². The SMILES string of the molecule is O=C1NC(c2ccccc2)CCN1CC(=O)N(Cc1ccncc1)C1C=CS(=O)(=O)C1. The molecule has 4 rings (SSSR count). The quantitative estimate of drug-likeness (QED) is 0.739. The summed E-state index contributed by atoms with van der Waals surface area (Å²) in [5.41, 5.74) is 1.87. The number of aromatic nitrogens is 1. The van der Waals surface area contributed by atoms with E-state index < -0.39 is 15.9 Å². The van der Waals surface area contributed by atoms with Gasteiger partial charge in [0.1, 0.15) is 6.54 Å². The van der Waals surface area contributed by atoms with E-state index in [1.165, 1.54) is 15.9 Å². The van der Waals surface area contributed by atoms with E-state index in [1.807, 2.05) is 30.3 Å². The molecular weight excluding hydrogens is 416 g/mol. The first-order chi connectivity index (χ1) is 14.9. The average Bonchev–Trinajstić information content (AvgIpc) is 3.14. The number of carbonyl (C=O) groups excluding carboxylic acids is 2. The van der Waals surface area contributed by atoms with Crippen LogP contribution >= 0.6 is 0 Å². The van der Waals surface area contributed by atoms with Crippen molar-refractivity contribution in [3.63, 3.8) is 0 Å². The predicted molar refractivity (Wildman–Crippen MR) is 115 cm³/mol. The normalized spacial score (nSPS) is 22.2. The predicted octanol–water partition coefficient (Wildman–Crippen LogP) is 1.88. The van der Waals surface area contributed by atoms with Gasteiger partial charge in [-0.3, -0.25) is 9.78 Å². The summed E-state index contributed by atoms with van der Waals surface area (Å²) in [7, 11) is -3.33. The van der Waals surface area contributed by atoms with Crippen LogP contribution in [-0.4, -0.2) is 60.0 Å². The Morgan fingerprint density at radius 1 is 1.16 bits per heavy atom. The number of amides is 3. The summed E-state index contributed by atoms with van der Waals surface area (Å²) in [6.45, 7) is 0.579. The maximum absolute atomic E-state index is 13.2. The van der Waals surface area contributed by atoms with Crippen LogP contribution in [0.1, 0.15) is 23.6 Å². The molecule has 1 fully saturated rings. The molecule has 3 amide bonds. The molecule has 8 nitrogen and oxygen atoms in total. The van der Waals surface area contributed by atoms with Crippen LogP contribution in [0.3, 0.4) is 0 Å². The van der Waals surface area contributed by atoms with Gasteiger partial charge in [0.15, 0.2) is 9.84 Å². The van der Waals surface area contributed by atoms with Crippen molar-refractivity contribution in [2.75, 3.05) is 18.8 Å². The van der Waals surface area contributed by atoms with Crippen molar-refractivity contribution in [3.8, 4) is 0 Å². The molecule has 2 atom stereocenters. The molecule has 0 spiro atoms. The zero-order valence-corrected chi connectivity index (χ0v) is 17.7. The number of hydrogen-bond donors (Lipinski definition) is 1. The molecule has 1 N–H and O–H groups in total. The van der Waals surface area contributed by atoms with Crippen LogP contribution in [0.2, 0.25) is 0 Å². The first-order valence-electron chi connectivity index (χ1n) is 10.1. The maximum Gasteiger partial charge on any atom is 0.318 e. The minimum absolute atomic E-state index is 0.0871. The molecule has 2 unspecified atom stereocenters. The average molecular weight is 441 g/mol. The molecule has 0 radical (unpaired) electrons. The Morgan fingerprint density at radius 3 is 2.55 bits per heavy atom. The van der Waals surface area contributed by atoms with Crippen LogP contribution in [0.25, 0.3) is 0 Å². The third kappa shape index (κ3) is 5.11. The molecule has 2 aromatic rings. The van der Waals surface area contributed by atoms with Gasteiger partial charge in [-0.1, -0.05) is 30.3 Å². The van der Waals surface area contributed by atoms with Crippen LogP contribution in [0.5, 0.6) is 0 Å². The van der Waals surface area contributed by atoms with Gasteiger partial charge in [0.2, 0.25) is 5.91 Å². The molecule has 0 bridgehead atoms. The Hall–Kier alpha value is -3.20. The fraction of sp³-hybridized carbons (Fsp3) is 0.318. The van der Waals surface area contributed by atoms with E-state index in [2.05, 4.69) is 10.3 Å². The molecule has 1 saturated heterocycles. The molecule has 1 aromatic carbocycles. The largest absolute Gasteiger partial charge is 0.331 e. The molecule has 2 aliphatic rings. The van der Waals surface area contributed by atoms with Crippen molar-refractivity contribution < 1.29 is 18.0 Å². The summed E-state index contributed by atoms with van der Waals surface area (Å²) in [6.07, 6.45) is 5.48. The Kier molecular flexibility index (Phi) is 6.03. The Morgan fingerprint density at radius 2 is 1.90 bits per heavy atom. The molecule has 9 heteroatoms. The van der Waals surface area contributed by atoms with Gasteiger partial charge < -0.3 is 15.1 Å². The van der Waals surface area contributed by atoms with Crippen molar-refractivity contribution in [1.29, 1.82) is 0 Å². The first-order valence-corrected chi connectivity index (χ1v) is 11.8. The summed E-state index contributed by atoms with van der Waals surface area (Å²) in [4.78, 5) is 32.8. The third-order valence-corrected chi connectivity index (χ3v) is 6.91. The second-order valence-electron chi connectivity index (χ2n) is 7.73. The van der Waals surface area contributed by atoms with Crippen molar-refractivity contribution in [3.05, 3.63) is 77.5 Å². The number of urea groups is 1. The highest BCUT2D eigenvalue weighted by molar-refractivity contribution is 7.94. The van der Waals surface area contributed by atoms with Crippen LogP contribution in [0.15, 0.2) is 66.3 Å².